The molecule has 0 aromatic heterocycles. The van der Waals surface area contributed by atoms with Gasteiger partial charge in [0.1, 0.15) is 0 Å². The van der Waals surface area contributed by atoms with Crippen LogP contribution < -0.4 is 15.5 Å². The van der Waals surface area contributed by atoms with Crippen LogP contribution in [0.1, 0.15) is 33.6 Å². The van der Waals surface area contributed by atoms with Gasteiger partial charge in [-0.1, -0.05) is 12.1 Å². The molecule has 1 aliphatic carbocycles. The first-order chi connectivity index (χ1) is 13.4. The Balaban J connectivity index is 1.55. The number of anilines is 2. The predicted octanol–water partition coefficient (Wildman–Crippen LogP) is 2.44. The first-order valence-corrected chi connectivity index (χ1v) is 9.08. The van der Waals surface area contributed by atoms with Crippen LogP contribution in [-0.2, 0) is 9.53 Å². The molecule has 7 heteroatoms. The fourth-order valence-corrected chi connectivity index (χ4v) is 2.58. The number of hydrogen-bond donors (Lipinski definition) is 2. The van der Waals surface area contributed by atoms with E-state index in [0.717, 1.165) is 18.5 Å². The lowest BCUT2D eigenvalue weighted by Gasteiger charge is -2.13. The highest BCUT2D eigenvalue weighted by Gasteiger charge is 2.25. The molecule has 2 aromatic rings. The molecule has 2 amide bonds. The van der Waals surface area contributed by atoms with Gasteiger partial charge in [0.05, 0.1) is 16.8 Å². The minimum Gasteiger partial charge on any atom is -0.452 e. The van der Waals surface area contributed by atoms with Gasteiger partial charge in [-0.2, -0.15) is 0 Å². The average molecular weight is 381 g/mol. The second-order valence-corrected chi connectivity index (χ2v) is 6.86. The number of para-hydroxylation sites is 1. The molecule has 0 aliphatic heterocycles. The van der Waals surface area contributed by atoms with Gasteiger partial charge in [0.2, 0.25) is 0 Å². The molecule has 0 atom stereocenters. The van der Waals surface area contributed by atoms with Crippen molar-refractivity contribution in [3.05, 3.63) is 59.7 Å². The molecule has 1 fully saturated rings. The molecule has 1 aliphatic rings. The van der Waals surface area contributed by atoms with Crippen LogP contribution in [0.5, 0.6) is 0 Å². The van der Waals surface area contributed by atoms with E-state index in [1.807, 2.05) is 19.0 Å². The largest absolute Gasteiger partial charge is 0.452 e. The molecule has 0 spiro atoms. The van der Waals surface area contributed by atoms with Crippen LogP contribution in [-0.4, -0.2) is 44.5 Å². The number of nitrogens with one attached hydrogen (secondary N) is 2. The summed E-state index contributed by atoms with van der Waals surface area (Å²) in [4.78, 5) is 38.5. The molecule has 2 aromatic carbocycles. The second-order valence-electron chi connectivity index (χ2n) is 6.86. The summed E-state index contributed by atoms with van der Waals surface area (Å²) in [5.41, 5.74) is 2.09. The van der Waals surface area contributed by atoms with E-state index < -0.39 is 18.5 Å². The number of amides is 2. The highest BCUT2D eigenvalue weighted by atomic mass is 16.5. The maximum atomic E-state index is 12.3. The van der Waals surface area contributed by atoms with Gasteiger partial charge in [-0.15, -0.1) is 0 Å². The van der Waals surface area contributed by atoms with Crippen molar-refractivity contribution in [1.82, 2.24) is 5.32 Å². The maximum Gasteiger partial charge on any atom is 0.338 e. The summed E-state index contributed by atoms with van der Waals surface area (Å²) in [5, 5.41) is 5.52. The summed E-state index contributed by atoms with van der Waals surface area (Å²) in [7, 11) is 3.81. The smallest absolute Gasteiger partial charge is 0.338 e. The number of carbonyl (C=O) groups is 3. The Labute approximate surface area is 163 Å². The normalized spacial score (nSPS) is 12.8. The predicted molar refractivity (Wildman–Crippen MR) is 107 cm³/mol. The summed E-state index contributed by atoms with van der Waals surface area (Å²) in [6, 6.07) is 13.8. The van der Waals surface area contributed by atoms with Gasteiger partial charge in [-0.25, -0.2) is 4.79 Å². The fraction of sp³-hybridized carbons (Fsp3) is 0.286. The molecule has 3 rings (SSSR count). The van der Waals surface area contributed by atoms with Crippen molar-refractivity contribution in [2.45, 2.75) is 18.9 Å². The van der Waals surface area contributed by atoms with Crippen molar-refractivity contribution in [3.8, 4) is 0 Å². The molecule has 7 nitrogen and oxygen atoms in total. The molecule has 146 valence electrons. The maximum absolute atomic E-state index is 12.3. The van der Waals surface area contributed by atoms with E-state index in [2.05, 4.69) is 10.6 Å². The third-order valence-corrected chi connectivity index (χ3v) is 4.31. The van der Waals surface area contributed by atoms with Crippen LogP contribution in [0.2, 0.25) is 0 Å². The first kappa shape index (κ1) is 19.4. The van der Waals surface area contributed by atoms with Crippen molar-refractivity contribution in [3.63, 3.8) is 0 Å². The van der Waals surface area contributed by atoms with Gasteiger partial charge in [0.15, 0.2) is 6.61 Å². The van der Waals surface area contributed by atoms with E-state index >= 15 is 0 Å². The lowest BCUT2D eigenvalue weighted by molar-refractivity contribution is -0.119. The molecule has 0 saturated heterocycles. The molecule has 0 radical (unpaired) electrons. The molecule has 2 N–H and O–H groups in total. The first-order valence-electron chi connectivity index (χ1n) is 9.08. The van der Waals surface area contributed by atoms with Crippen LogP contribution in [0.4, 0.5) is 11.4 Å². The number of carbonyl (C=O) groups excluding carboxylic acids is 3. The third-order valence-electron chi connectivity index (χ3n) is 4.31. The van der Waals surface area contributed by atoms with E-state index in [0.29, 0.717) is 16.8 Å². The van der Waals surface area contributed by atoms with E-state index in [4.69, 9.17) is 4.74 Å². The molecule has 0 bridgehead atoms. The van der Waals surface area contributed by atoms with Gasteiger partial charge in [-0.3, -0.25) is 9.59 Å². The van der Waals surface area contributed by atoms with Crippen LogP contribution in [0.15, 0.2) is 48.5 Å². The zero-order valence-corrected chi connectivity index (χ0v) is 15.9. The van der Waals surface area contributed by atoms with Gasteiger partial charge < -0.3 is 20.3 Å². The number of rotatable bonds is 7. The minimum atomic E-state index is -0.583. The molecule has 0 unspecified atom stereocenters. The second kappa shape index (κ2) is 8.56. The standard InChI is InChI=1S/C21H23N3O4/c1-24(2)16-11-7-14(8-12-16)21(27)28-13-19(25)23-18-6-4-3-5-17(18)20(26)22-15-9-10-15/h3-8,11-12,15H,9-10,13H2,1-2H3,(H,22,26)(H,23,25). The van der Waals surface area contributed by atoms with Crippen molar-refractivity contribution in [2.24, 2.45) is 0 Å². The molecule has 28 heavy (non-hydrogen) atoms. The van der Waals surface area contributed by atoms with Crippen molar-refractivity contribution >= 4 is 29.2 Å². The number of benzene rings is 2. The Morgan fingerprint density at radius 3 is 2.36 bits per heavy atom. The summed E-state index contributed by atoms with van der Waals surface area (Å²) in [6.07, 6.45) is 1.96. The minimum absolute atomic E-state index is 0.219. The Hall–Kier alpha value is -3.35. The van der Waals surface area contributed by atoms with E-state index in [9.17, 15) is 14.4 Å². The zero-order chi connectivity index (χ0) is 20.1. The summed E-state index contributed by atoms with van der Waals surface area (Å²) < 4.78 is 5.07. The van der Waals surface area contributed by atoms with E-state index in [-0.39, 0.29) is 11.9 Å². The van der Waals surface area contributed by atoms with Gasteiger partial charge in [0.25, 0.3) is 11.8 Å². The Kier molecular flexibility index (Phi) is 5.93. The SMILES string of the molecule is CN(C)c1ccc(C(=O)OCC(=O)Nc2ccccc2C(=O)NC2CC2)cc1. The van der Waals surface area contributed by atoms with E-state index in [1.54, 1.807) is 48.5 Å². The van der Waals surface area contributed by atoms with Gasteiger partial charge in [0, 0.05) is 25.8 Å². The van der Waals surface area contributed by atoms with Crippen LogP contribution >= 0.6 is 0 Å². The lowest BCUT2D eigenvalue weighted by Crippen LogP contribution is -2.28. The van der Waals surface area contributed by atoms with E-state index in [1.165, 1.54) is 0 Å². The average Bonchev–Trinajstić information content (AvgIpc) is 3.50. The van der Waals surface area contributed by atoms with Crippen LogP contribution in [0.25, 0.3) is 0 Å². The highest BCUT2D eigenvalue weighted by Crippen LogP contribution is 2.21. The molecule has 0 heterocycles. The number of hydrogen-bond acceptors (Lipinski definition) is 5. The quantitative estimate of drug-likeness (QED) is 0.720. The number of ether oxygens (including phenoxy) is 1. The Bertz CT molecular complexity index is 873. The third kappa shape index (κ3) is 5.09. The topological polar surface area (TPSA) is 87.7 Å². The Morgan fingerprint density at radius 1 is 1.04 bits per heavy atom. The van der Waals surface area contributed by atoms with Gasteiger partial charge >= 0.3 is 5.97 Å². The summed E-state index contributed by atoms with van der Waals surface area (Å²) in [5.74, 6) is -1.32. The van der Waals surface area contributed by atoms with Crippen LogP contribution in [0.3, 0.4) is 0 Å². The summed E-state index contributed by atoms with van der Waals surface area (Å²) in [6.45, 7) is -0.438. The fourth-order valence-electron chi connectivity index (χ4n) is 2.58. The van der Waals surface area contributed by atoms with Crippen molar-refractivity contribution in [1.29, 1.82) is 0 Å². The molecular weight excluding hydrogens is 358 g/mol. The monoisotopic (exact) mass is 381 g/mol. The van der Waals surface area contributed by atoms with Crippen LogP contribution in [0, 0.1) is 0 Å². The van der Waals surface area contributed by atoms with Crippen molar-refractivity contribution in [2.75, 3.05) is 30.9 Å². The molecule has 1 saturated carbocycles. The lowest BCUT2D eigenvalue weighted by atomic mass is 10.1. The van der Waals surface area contributed by atoms with Gasteiger partial charge in [-0.05, 0) is 49.2 Å². The zero-order valence-electron chi connectivity index (χ0n) is 15.9. The number of nitrogens with zero attached hydrogens (tertiary/aromatic N) is 1. The highest BCUT2D eigenvalue weighted by molar-refractivity contribution is 6.04. The van der Waals surface area contributed by atoms with Crippen molar-refractivity contribution < 1.29 is 19.1 Å². The Morgan fingerprint density at radius 2 is 1.71 bits per heavy atom. The molecular formula is C21H23N3O4. The summed E-state index contributed by atoms with van der Waals surface area (Å²) >= 11 is 0. The number of esters is 1.